The molecule has 340 valence electrons. The molecular weight excluding hydrogens is 844 g/mol. The Morgan fingerprint density at radius 3 is 2.05 bits per heavy atom. The minimum Gasteiger partial charge on any atom is -0.497 e. The van der Waals surface area contributed by atoms with Crippen LogP contribution < -0.4 is 20.5 Å². The van der Waals surface area contributed by atoms with Crippen molar-refractivity contribution in [1.82, 2.24) is 19.1 Å². The maximum atomic E-state index is 14.0. The van der Waals surface area contributed by atoms with Gasteiger partial charge in [0.15, 0.2) is 5.82 Å². The minimum absolute atomic E-state index is 0.00271. The third-order valence-electron chi connectivity index (χ3n) is 10.4. The zero-order chi connectivity index (χ0) is 46.9. The highest BCUT2D eigenvalue weighted by Gasteiger charge is 2.45. The van der Waals surface area contributed by atoms with Gasteiger partial charge >= 0.3 is 5.69 Å². The zero-order valence-corrected chi connectivity index (χ0v) is 38.9. The highest BCUT2D eigenvalue weighted by molar-refractivity contribution is 7.44. The molecule has 14 nitrogen and oxygen atoms in total. The summed E-state index contributed by atoms with van der Waals surface area (Å²) in [6.07, 6.45) is 10.5. The quantitative estimate of drug-likeness (QED) is 0.0394. The zero-order valence-electron chi connectivity index (χ0n) is 38.0. The van der Waals surface area contributed by atoms with Crippen LogP contribution in [0, 0.1) is 47.9 Å². The summed E-state index contributed by atoms with van der Waals surface area (Å²) >= 11 is 0. The molecule has 0 spiro atoms. The Morgan fingerprint density at radius 1 is 0.938 bits per heavy atom. The van der Waals surface area contributed by atoms with Gasteiger partial charge in [-0.1, -0.05) is 78.3 Å². The van der Waals surface area contributed by atoms with Gasteiger partial charge in [-0.2, -0.15) is 10.2 Å². The first-order valence-electron chi connectivity index (χ1n) is 21.3. The molecule has 4 atom stereocenters. The molecular formula is C50H57N6O8P. The average Bonchev–Trinajstić information content (AvgIpc) is 3.69. The lowest BCUT2D eigenvalue weighted by atomic mass is 9.80. The Balaban J connectivity index is 1.64. The van der Waals surface area contributed by atoms with E-state index in [4.69, 9.17) is 40.8 Å². The van der Waals surface area contributed by atoms with Crippen LogP contribution in [0.2, 0.25) is 0 Å². The Labute approximate surface area is 384 Å². The van der Waals surface area contributed by atoms with Gasteiger partial charge in [-0.15, -0.1) is 12.8 Å². The number of nitrogens with zero attached hydrogens (tertiary/aromatic N) is 5. The molecule has 1 N–H and O–H groups in total. The van der Waals surface area contributed by atoms with Crippen molar-refractivity contribution in [3.63, 3.8) is 0 Å². The van der Waals surface area contributed by atoms with Gasteiger partial charge in [0, 0.05) is 31.6 Å². The maximum Gasteiger partial charge on any atom is 0.351 e. The predicted molar refractivity (Wildman–Crippen MR) is 251 cm³/mol. The summed E-state index contributed by atoms with van der Waals surface area (Å²) < 4.78 is 42.1. The number of aromatic nitrogens is 2. The second-order valence-electron chi connectivity index (χ2n) is 15.6. The summed E-state index contributed by atoms with van der Waals surface area (Å²) in [7, 11) is 1.47. The van der Waals surface area contributed by atoms with Crippen LogP contribution in [0.15, 0.2) is 89.9 Å². The standard InChI is InChI=1S/C50H57N6O8P/c1-10-29-54(30-11-2)31-15-17-39-34-55(49(58)53-48(39)52-38(7)57)47-33-45(64-65(62-32-16-28-51)56(36(3)4)37(5)6)46(63-47)35-61-50(40-18-13-12-14-19-40,41-20-24-43(59-8)25-21-41)42-22-26-44(60-9)27-23-42/h1-2,12-14,18-27,34,36-37,45-47H,16,29-33,35H2,3-9H3,(H,52,53,57,58)/t45-,46+,47+,65?/m0/s1. The normalized spacial score (nSPS) is 16.3. The van der Waals surface area contributed by atoms with Crippen LogP contribution in [0.4, 0.5) is 5.82 Å². The topological polar surface area (TPSA) is 150 Å². The number of nitriles is 1. The third-order valence-corrected chi connectivity index (χ3v) is 12.6. The highest BCUT2D eigenvalue weighted by atomic mass is 31.2. The lowest BCUT2D eigenvalue weighted by Gasteiger charge is -2.39. The largest absolute Gasteiger partial charge is 0.497 e. The minimum atomic E-state index is -1.76. The third kappa shape index (κ3) is 12.8. The number of methoxy groups -OCH3 is 2. The molecule has 1 amide bonds. The maximum absolute atomic E-state index is 14.0. The van der Waals surface area contributed by atoms with E-state index in [1.165, 1.54) is 17.7 Å². The van der Waals surface area contributed by atoms with Crippen molar-refractivity contribution >= 4 is 20.3 Å². The molecule has 1 saturated heterocycles. The number of hydrogen-bond acceptors (Lipinski definition) is 12. The molecule has 0 saturated carbocycles. The van der Waals surface area contributed by atoms with Crippen molar-refractivity contribution in [1.29, 1.82) is 5.26 Å². The van der Waals surface area contributed by atoms with Crippen LogP contribution in [0.3, 0.4) is 0 Å². The van der Waals surface area contributed by atoms with Gasteiger partial charge < -0.3 is 33.3 Å². The summed E-state index contributed by atoms with van der Waals surface area (Å²) in [5.41, 5.74) is 0.867. The Morgan fingerprint density at radius 2 is 1.52 bits per heavy atom. The van der Waals surface area contributed by atoms with Crippen molar-refractivity contribution in [3.8, 4) is 54.1 Å². The fraction of sp³-hybridized carbons (Fsp3) is 0.400. The van der Waals surface area contributed by atoms with Gasteiger partial charge in [0.25, 0.3) is 8.53 Å². The second-order valence-corrected chi connectivity index (χ2v) is 17.0. The van der Waals surface area contributed by atoms with Crippen LogP contribution in [0.25, 0.3) is 0 Å². The van der Waals surface area contributed by atoms with Gasteiger partial charge in [0.05, 0.1) is 71.2 Å². The number of amides is 1. The Hall–Kier alpha value is -6.03. The Bertz CT molecular complexity index is 2360. The van der Waals surface area contributed by atoms with E-state index in [2.05, 4.69) is 72.4 Å². The number of ether oxygens (including phenoxy) is 4. The first-order chi connectivity index (χ1) is 31.4. The van der Waals surface area contributed by atoms with E-state index < -0.39 is 44.2 Å². The second kappa shape index (κ2) is 24.3. The summed E-state index contributed by atoms with van der Waals surface area (Å²) in [6, 6.07) is 27.5. The van der Waals surface area contributed by atoms with Crippen LogP contribution >= 0.6 is 8.53 Å². The molecule has 1 aliphatic heterocycles. The monoisotopic (exact) mass is 900 g/mol. The molecule has 0 aliphatic carbocycles. The number of carbonyl (C=O) groups excluding carboxylic acids is 1. The summed E-state index contributed by atoms with van der Waals surface area (Å²) in [4.78, 5) is 32.3. The molecule has 0 radical (unpaired) electrons. The van der Waals surface area contributed by atoms with E-state index in [1.54, 1.807) is 19.1 Å². The summed E-state index contributed by atoms with van der Waals surface area (Å²) in [5, 5.41) is 12.1. The fourth-order valence-corrected chi connectivity index (χ4v) is 9.28. The number of benzene rings is 3. The molecule has 15 heteroatoms. The molecule has 65 heavy (non-hydrogen) atoms. The van der Waals surface area contributed by atoms with E-state index in [1.807, 2.05) is 78.9 Å². The van der Waals surface area contributed by atoms with Gasteiger partial charge in [-0.05, 0) is 68.7 Å². The lowest BCUT2D eigenvalue weighted by molar-refractivity contribution is -0.114. The number of nitrogens with one attached hydrogen (secondary N) is 1. The van der Waals surface area contributed by atoms with Crippen molar-refractivity contribution in [3.05, 3.63) is 118 Å². The lowest BCUT2D eigenvalue weighted by Crippen LogP contribution is -2.39. The average molecular weight is 901 g/mol. The van der Waals surface area contributed by atoms with Crippen LogP contribution in [0.1, 0.15) is 75.9 Å². The number of hydrogen-bond donors (Lipinski definition) is 1. The van der Waals surface area contributed by atoms with Crippen molar-refractivity contribution in [2.24, 2.45) is 0 Å². The van der Waals surface area contributed by atoms with Crippen LogP contribution in [-0.4, -0.2) is 96.4 Å². The number of carbonyl (C=O) groups is 1. The first kappa shape index (κ1) is 50.0. The molecule has 3 aromatic carbocycles. The van der Waals surface area contributed by atoms with E-state index >= 15 is 0 Å². The van der Waals surface area contributed by atoms with Crippen LogP contribution in [-0.2, 0) is 28.9 Å². The van der Waals surface area contributed by atoms with Gasteiger partial charge in [0.2, 0.25) is 5.91 Å². The van der Waals surface area contributed by atoms with Crippen molar-refractivity contribution < 1.29 is 32.8 Å². The predicted octanol–water partition coefficient (Wildman–Crippen LogP) is 7.10. The van der Waals surface area contributed by atoms with E-state index in [-0.39, 0.29) is 69.2 Å². The number of anilines is 1. The van der Waals surface area contributed by atoms with Gasteiger partial charge in [-0.25, -0.2) is 9.46 Å². The van der Waals surface area contributed by atoms with E-state index in [9.17, 15) is 14.9 Å². The van der Waals surface area contributed by atoms with E-state index in [0.717, 1.165) is 16.7 Å². The molecule has 1 aliphatic rings. The number of terminal acetylenes is 2. The van der Waals surface area contributed by atoms with Gasteiger partial charge in [0.1, 0.15) is 29.4 Å². The number of rotatable bonds is 21. The summed E-state index contributed by atoms with van der Waals surface area (Å²) in [5.74, 6) is 12.2. The van der Waals surface area contributed by atoms with Crippen LogP contribution in [0.5, 0.6) is 11.5 Å². The summed E-state index contributed by atoms with van der Waals surface area (Å²) in [6.45, 7) is 10.5. The molecule has 1 fully saturated rings. The highest BCUT2D eigenvalue weighted by Crippen LogP contribution is 2.51. The SMILES string of the molecule is C#CCN(CC#C)CC#Cc1cn([C@H]2C[C@H](OP(OCCC#N)N(C(C)C)C(C)C)[C@@H](COC(c3ccccc3)(c3ccc(OC)cc3)c3ccc(OC)cc3)O2)c(=O)nc1NC(C)=O. The molecule has 0 bridgehead atoms. The molecule has 1 unspecified atom stereocenters. The first-order valence-corrected chi connectivity index (χ1v) is 22.4. The molecule has 1 aromatic heterocycles. The Kier molecular flexibility index (Phi) is 18.7. The van der Waals surface area contributed by atoms with Gasteiger partial charge in [-0.3, -0.25) is 14.3 Å². The van der Waals surface area contributed by atoms with E-state index in [0.29, 0.717) is 11.5 Å². The smallest absolute Gasteiger partial charge is 0.351 e. The fourth-order valence-electron chi connectivity index (χ4n) is 7.53. The molecule has 4 aromatic rings. The van der Waals surface area contributed by atoms with Crippen molar-refractivity contribution in [2.45, 2.75) is 83.6 Å². The molecule has 5 rings (SSSR count). The van der Waals surface area contributed by atoms with Crippen molar-refractivity contribution in [2.75, 3.05) is 52.4 Å². The molecule has 2 heterocycles.